The third kappa shape index (κ3) is 4.53. The lowest BCUT2D eigenvalue weighted by molar-refractivity contribution is 0.482. The van der Waals surface area contributed by atoms with Gasteiger partial charge < -0.3 is 19.5 Å². The van der Waals surface area contributed by atoms with Crippen LogP contribution >= 0.6 is 12.2 Å². The molecule has 7 heteroatoms. The summed E-state index contributed by atoms with van der Waals surface area (Å²) in [5.41, 5.74) is 6.31. The molecule has 38 heavy (non-hydrogen) atoms. The van der Waals surface area contributed by atoms with Gasteiger partial charge in [-0.15, -0.1) is 0 Å². The molecule has 4 heterocycles. The molecule has 0 aliphatic carbocycles. The Morgan fingerprint density at radius 2 is 1.55 bits per heavy atom. The Balaban J connectivity index is 1.41. The van der Waals surface area contributed by atoms with Crippen molar-refractivity contribution in [1.82, 2.24) is 19.9 Å². The van der Waals surface area contributed by atoms with Crippen LogP contribution in [0.15, 0.2) is 110 Å². The van der Waals surface area contributed by atoms with Crippen LogP contribution in [0.25, 0.3) is 5.69 Å². The van der Waals surface area contributed by atoms with Crippen LogP contribution in [0.5, 0.6) is 11.5 Å². The zero-order valence-electron chi connectivity index (χ0n) is 21.2. The number of rotatable bonds is 6. The normalized spacial score (nSPS) is 16.9. The molecular weight excluding hydrogens is 490 g/mol. The van der Waals surface area contributed by atoms with Gasteiger partial charge in [0.2, 0.25) is 0 Å². The van der Waals surface area contributed by atoms with E-state index < -0.39 is 0 Å². The molecule has 1 N–H and O–H groups in total. The Bertz CT molecular complexity index is 1550. The summed E-state index contributed by atoms with van der Waals surface area (Å²) in [5.74, 6) is 1.57. The lowest BCUT2D eigenvalue weighted by Crippen LogP contribution is -2.30. The largest absolute Gasteiger partial charge is 0.457 e. The third-order valence-corrected chi connectivity index (χ3v) is 7.10. The van der Waals surface area contributed by atoms with Gasteiger partial charge in [0.1, 0.15) is 17.5 Å². The van der Waals surface area contributed by atoms with Crippen LogP contribution in [0.3, 0.4) is 0 Å². The molecule has 0 amide bonds. The molecule has 2 atom stereocenters. The van der Waals surface area contributed by atoms with Gasteiger partial charge in [-0.1, -0.05) is 23.8 Å². The van der Waals surface area contributed by atoms with Crippen LogP contribution in [0.2, 0.25) is 0 Å². The lowest BCUT2D eigenvalue weighted by Gasteiger charge is -2.29. The maximum Gasteiger partial charge on any atom is 0.174 e. The quantitative estimate of drug-likeness (QED) is 0.249. The molecule has 1 fully saturated rings. The van der Waals surface area contributed by atoms with Crippen molar-refractivity contribution in [2.75, 3.05) is 4.90 Å². The second kappa shape index (κ2) is 10.1. The van der Waals surface area contributed by atoms with E-state index in [-0.39, 0.29) is 12.1 Å². The molecule has 1 saturated heterocycles. The number of pyridine rings is 2. The van der Waals surface area contributed by atoms with Crippen molar-refractivity contribution in [3.05, 3.63) is 132 Å². The summed E-state index contributed by atoms with van der Waals surface area (Å²) in [6.07, 6.45) is 5.49. The number of aryl methyl sites for hydroxylation is 2. The second-order valence-corrected chi connectivity index (χ2v) is 9.74. The van der Waals surface area contributed by atoms with Gasteiger partial charge in [0.05, 0.1) is 23.6 Å². The van der Waals surface area contributed by atoms with Gasteiger partial charge in [0.15, 0.2) is 5.11 Å². The van der Waals surface area contributed by atoms with E-state index in [1.54, 1.807) is 6.20 Å². The molecule has 2 aromatic carbocycles. The van der Waals surface area contributed by atoms with E-state index in [2.05, 4.69) is 68.9 Å². The number of ether oxygens (including phenoxy) is 1. The fourth-order valence-electron chi connectivity index (χ4n) is 4.98. The first-order valence-corrected chi connectivity index (χ1v) is 12.9. The van der Waals surface area contributed by atoms with Crippen molar-refractivity contribution < 1.29 is 4.74 Å². The molecule has 0 radical (unpaired) electrons. The number of aromatic nitrogens is 3. The zero-order chi connectivity index (χ0) is 26.1. The average Bonchev–Trinajstić information content (AvgIpc) is 3.50. The van der Waals surface area contributed by atoms with Crippen LogP contribution in [0, 0.1) is 13.8 Å². The molecule has 188 valence electrons. The van der Waals surface area contributed by atoms with E-state index in [0.29, 0.717) is 5.11 Å². The summed E-state index contributed by atoms with van der Waals surface area (Å²) in [6, 6.07) is 30.1. The number of nitrogens with zero attached hydrogens (tertiary/aromatic N) is 4. The minimum atomic E-state index is -0.143. The summed E-state index contributed by atoms with van der Waals surface area (Å²) in [6.45, 7) is 4.17. The Kier molecular flexibility index (Phi) is 6.35. The molecule has 0 saturated carbocycles. The standard InChI is InChI=1S/C31H27N5OS/c1-21-8-13-25(14-9-21)37-26-15-11-23(12-16-26)36-30(29(34-31(36)38)27-7-3-4-19-33-27)28-17-10-22(2)35(28)24-6-5-18-32-20-24/h3-20,29-30H,1-2H3,(H,34,38)/t29-,30+/m1/s1. The highest BCUT2D eigenvalue weighted by molar-refractivity contribution is 7.80. The molecule has 0 unspecified atom stereocenters. The number of nitrogens with one attached hydrogen (secondary N) is 1. The predicted molar refractivity (Wildman–Crippen MR) is 154 cm³/mol. The van der Waals surface area contributed by atoms with Crippen LogP contribution < -0.4 is 15.0 Å². The van der Waals surface area contributed by atoms with E-state index in [4.69, 9.17) is 17.0 Å². The van der Waals surface area contributed by atoms with Crippen molar-refractivity contribution in [3.63, 3.8) is 0 Å². The van der Waals surface area contributed by atoms with Gasteiger partial charge in [-0.05, 0) is 98.9 Å². The number of hydrogen-bond donors (Lipinski definition) is 1. The van der Waals surface area contributed by atoms with E-state index in [9.17, 15) is 0 Å². The van der Waals surface area contributed by atoms with Crippen LogP contribution in [0.4, 0.5) is 5.69 Å². The first kappa shape index (κ1) is 23.9. The molecule has 5 aromatic rings. The second-order valence-electron chi connectivity index (χ2n) is 9.35. The number of benzene rings is 2. The summed E-state index contributed by atoms with van der Waals surface area (Å²) < 4.78 is 8.31. The summed E-state index contributed by atoms with van der Waals surface area (Å²) in [5, 5.41) is 4.20. The Morgan fingerprint density at radius 1 is 0.789 bits per heavy atom. The predicted octanol–water partition coefficient (Wildman–Crippen LogP) is 6.85. The molecule has 0 spiro atoms. The minimum absolute atomic E-state index is 0.142. The van der Waals surface area contributed by atoms with E-state index in [1.165, 1.54) is 5.56 Å². The third-order valence-electron chi connectivity index (χ3n) is 6.78. The van der Waals surface area contributed by atoms with E-state index in [1.807, 2.05) is 73.1 Å². The minimum Gasteiger partial charge on any atom is -0.457 e. The molecule has 1 aliphatic rings. The zero-order valence-corrected chi connectivity index (χ0v) is 22.0. The molecule has 3 aromatic heterocycles. The highest BCUT2D eigenvalue weighted by atomic mass is 32.1. The van der Waals surface area contributed by atoms with E-state index >= 15 is 0 Å². The maximum absolute atomic E-state index is 6.07. The fourth-order valence-corrected chi connectivity index (χ4v) is 5.32. The first-order valence-electron chi connectivity index (χ1n) is 12.5. The highest BCUT2D eigenvalue weighted by Gasteiger charge is 2.42. The Morgan fingerprint density at radius 3 is 2.24 bits per heavy atom. The van der Waals surface area contributed by atoms with Crippen LogP contribution in [-0.4, -0.2) is 19.6 Å². The van der Waals surface area contributed by atoms with Crippen molar-refractivity contribution in [1.29, 1.82) is 0 Å². The van der Waals surface area contributed by atoms with Crippen LogP contribution in [-0.2, 0) is 0 Å². The van der Waals surface area contributed by atoms with Gasteiger partial charge >= 0.3 is 0 Å². The van der Waals surface area contributed by atoms with Crippen molar-refractivity contribution in [2.45, 2.75) is 25.9 Å². The lowest BCUT2D eigenvalue weighted by atomic mass is 10.0. The fraction of sp³-hybridized carbons (Fsp3) is 0.129. The number of hydrogen-bond acceptors (Lipinski definition) is 4. The monoisotopic (exact) mass is 517 g/mol. The SMILES string of the molecule is Cc1ccc(Oc2ccc(N3C(=S)N[C@H](c4ccccn4)[C@@H]3c3ccc(C)n3-c3cccnc3)cc2)cc1. The molecule has 0 bridgehead atoms. The molecular formula is C31H27N5OS. The highest BCUT2D eigenvalue weighted by Crippen LogP contribution is 2.43. The van der Waals surface area contributed by atoms with Gasteiger partial charge in [-0.25, -0.2) is 0 Å². The van der Waals surface area contributed by atoms with Gasteiger partial charge in [-0.2, -0.15) is 0 Å². The summed E-state index contributed by atoms with van der Waals surface area (Å²) >= 11 is 5.93. The summed E-state index contributed by atoms with van der Waals surface area (Å²) in [7, 11) is 0. The van der Waals surface area contributed by atoms with Crippen molar-refractivity contribution >= 4 is 23.0 Å². The van der Waals surface area contributed by atoms with Crippen LogP contribution in [0.1, 0.15) is 34.7 Å². The Hall–Kier alpha value is -4.49. The van der Waals surface area contributed by atoms with Gasteiger partial charge in [0, 0.05) is 29.5 Å². The first-order chi connectivity index (χ1) is 18.6. The van der Waals surface area contributed by atoms with E-state index in [0.717, 1.165) is 40.0 Å². The van der Waals surface area contributed by atoms with Crippen molar-refractivity contribution in [3.8, 4) is 17.2 Å². The average molecular weight is 518 g/mol. The molecule has 6 rings (SSSR count). The topological polar surface area (TPSA) is 55.2 Å². The maximum atomic E-state index is 6.07. The number of thiocarbonyl (C=S) groups is 1. The Labute approximate surface area is 227 Å². The van der Waals surface area contributed by atoms with Crippen molar-refractivity contribution in [2.24, 2.45) is 0 Å². The van der Waals surface area contributed by atoms with Gasteiger partial charge in [-0.3, -0.25) is 9.97 Å². The number of anilines is 1. The molecule has 1 aliphatic heterocycles. The smallest absolute Gasteiger partial charge is 0.174 e. The molecule has 6 nitrogen and oxygen atoms in total. The van der Waals surface area contributed by atoms with Gasteiger partial charge in [0.25, 0.3) is 0 Å². The summed E-state index contributed by atoms with van der Waals surface area (Å²) in [4.78, 5) is 11.2.